The summed E-state index contributed by atoms with van der Waals surface area (Å²) < 4.78 is 5.29. The number of nitrogens with zero attached hydrogens (tertiary/aromatic N) is 1. The van der Waals surface area contributed by atoms with E-state index in [1.807, 2.05) is 6.07 Å². The first-order valence-corrected chi connectivity index (χ1v) is 4.72. The summed E-state index contributed by atoms with van der Waals surface area (Å²) in [6.07, 6.45) is 0.112. The SMILES string of the molecule is COC(=O)Cc1c(Br)cccc1C#N. The van der Waals surface area contributed by atoms with Crippen molar-refractivity contribution >= 4 is 21.9 Å². The summed E-state index contributed by atoms with van der Waals surface area (Å²) in [6.45, 7) is 0. The number of hydrogen-bond donors (Lipinski definition) is 0. The maximum atomic E-state index is 11.0. The highest BCUT2D eigenvalue weighted by Crippen LogP contribution is 2.20. The van der Waals surface area contributed by atoms with Gasteiger partial charge in [0.15, 0.2) is 0 Å². The van der Waals surface area contributed by atoms with Crippen LogP contribution in [0, 0.1) is 11.3 Å². The molecule has 0 N–H and O–H groups in total. The number of benzene rings is 1. The van der Waals surface area contributed by atoms with Crippen LogP contribution in [-0.2, 0) is 16.0 Å². The van der Waals surface area contributed by atoms with Crippen molar-refractivity contribution in [3.63, 3.8) is 0 Å². The third kappa shape index (κ3) is 2.33. The van der Waals surface area contributed by atoms with Gasteiger partial charge in [0.1, 0.15) is 0 Å². The summed E-state index contributed by atoms with van der Waals surface area (Å²) in [5.74, 6) is -0.353. The minimum atomic E-state index is -0.353. The second-order valence-electron chi connectivity index (χ2n) is 2.63. The molecule has 0 amide bonds. The van der Waals surface area contributed by atoms with E-state index in [9.17, 15) is 4.79 Å². The number of ether oxygens (including phenoxy) is 1. The van der Waals surface area contributed by atoms with E-state index in [1.54, 1.807) is 18.2 Å². The van der Waals surface area contributed by atoms with Crippen LogP contribution < -0.4 is 0 Å². The minimum Gasteiger partial charge on any atom is -0.469 e. The molecule has 1 rings (SSSR count). The van der Waals surface area contributed by atoms with Crippen molar-refractivity contribution in [2.24, 2.45) is 0 Å². The van der Waals surface area contributed by atoms with Crippen molar-refractivity contribution in [1.29, 1.82) is 5.26 Å². The van der Waals surface area contributed by atoms with Crippen LogP contribution in [0.1, 0.15) is 11.1 Å². The highest BCUT2D eigenvalue weighted by Gasteiger charge is 2.10. The van der Waals surface area contributed by atoms with Gasteiger partial charge >= 0.3 is 5.97 Å². The standard InChI is InChI=1S/C10H8BrNO2/c1-14-10(13)5-8-7(6-12)3-2-4-9(8)11/h2-4H,5H2,1H3. The number of esters is 1. The number of rotatable bonds is 2. The Bertz CT molecular complexity index is 396. The molecule has 0 aliphatic carbocycles. The molecule has 1 aromatic carbocycles. The van der Waals surface area contributed by atoms with Crippen molar-refractivity contribution < 1.29 is 9.53 Å². The zero-order valence-corrected chi connectivity index (χ0v) is 9.17. The molecule has 0 unspecified atom stereocenters. The van der Waals surface area contributed by atoms with Crippen LogP contribution >= 0.6 is 15.9 Å². The van der Waals surface area contributed by atoms with Gasteiger partial charge in [0, 0.05) is 4.47 Å². The van der Waals surface area contributed by atoms with E-state index in [0.29, 0.717) is 11.1 Å². The predicted molar refractivity (Wildman–Crippen MR) is 54.6 cm³/mol. The normalized spacial score (nSPS) is 9.21. The van der Waals surface area contributed by atoms with Crippen molar-refractivity contribution in [2.45, 2.75) is 6.42 Å². The van der Waals surface area contributed by atoms with Crippen molar-refractivity contribution in [2.75, 3.05) is 7.11 Å². The average molecular weight is 254 g/mol. The van der Waals surface area contributed by atoms with Gasteiger partial charge in [-0.05, 0) is 17.7 Å². The van der Waals surface area contributed by atoms with E-state index < -0.39 is 0 Å². The van der Waals surface area contributed by atoms with E-state index in [4.69, 9.17) is 5.26 Å². The van der Waals surface area contributed by atoms with Gasteiger partial charge in [0.25, 0.3) is 0 Å². The highest BCUT2D eigenvalue weighted by atomic mass is 79.9. The predicted octanol–water partition coefficient (Wildman–Crippen LogP) is 2.04. The van der Waals surface area contributed by atoms with Crippen LogP contribution in [0.3, 0.4) is 0 Å². The fourth-order valence-electron chi connectivity index (χ4n) is 1.06. The molecule has 72 valence electrons. The zero-order chi connectivity index (χ0) is 10.6. The van der Waals surface area contributed by atoms with Crippen molar-refractivity contribution in [1.82, 2.24) is 0 Å². The van der Waals surface area contributed by atoms with Gasteiger partial charge in [-0.3, -0.25) is 4.79 Å². The lowest BCUT2D eigenvalue weighted by Crippen LogP contribution is -2.06. The van der Waals surface area contributed by atoms with Gasteiger partial charge in [0.05, 0.1) is 25.2 Å². The third-order valence-corrected chi connectivity index (χ3v) is 2.53. The van der Waals surface area contributed by atoms with Crippen LogP contribution in [0.25, 0.3) is 0 Å². The molecule has 14 heavy (non-hydrogen) atoms. The summed E-state index contributed by atoms with van der Waals surface area (Å²) >= 11 is 3.29. The monoisotopic (exact) mass is 253 g/mol. The second-order valence-corrected chi connectivity index (χ2v) is 3.48. The Kier molecular flexibility index (Phi) is 3.66. The van der Waals surface area contributed by atoms with E-state index in [2.05, 4.69) is 20.7 Å². The number of carbonyl (C=O) groups is 1. The summed E-state index contributed by atoms with van der Waals surface area (Å²) in [5.41, 5.74) is 1.16. The van der Waals surface area contributed by atoms with E-state index in [1.165, 1.54) is 7.11 Å². The number of halogens is 1. The number of nitriles is 1. The van der Waals surface area contributed by atoms with Crippen LogP contribution in [0.15, 0.2) is 22.7 Å². The Morgan fingerprint density at radius 3 is 2.93 bits per heavy atom. The number of carbonyl (C=O) groups excluding carboxylic acids is 1. The van der Waals surface area contributed by atoms with Crippen LogP contribution in [0.2, 0.25) is 0 Å². The first-order valence-electron chi connectivity index (χ1n) is 3.93. The topological polar surface area (TPSA) is 50.1 Å². The lowest BCUT2D eigenvalue weighted by molar-refractivity contribution is -0.139. The Hall–Kier alpha value is -1.34. The van der Waals surface area contributed by atoms with Gasteiger partial charge in [-0.2, -0.15) is 5.26 Å². The summed E-state index contributed by atoms with van der Waals surface area (Å²) in [5, 5.41) is 8.81. The molecule has 0 spiro atoms. The Morgan fingerprint density at radius 1 is 1.64 bits per heavy atom. The minimum absolute atomic E-state index is 0.112. The molecule has 3 nitrogen and oxygen atoms in total. The summed E-state index contributed by atoms with van der Waals surface area (Å²) in [7, 11) is 1.32. The van der Waals surface area contributed by atoms with Crippen molar-refractivity contribution in [3.8, 4) is 6.07 Å². The molecule has 0 aromatic heterocycles. The molecule has 0 atom stereocenters. The van der Waals surface area contributed by atoms with Crippen molar-refractivity contribution in [3.05, 3.63) is 33.8 Å². The first kappa shape index (κ1) is 10.7. The molecule has 0 bridgehead atoms. The van der Waals surface area contributed by atoms with Gasteiger partial charge in [-0.15, -0.1) is 0 Å². The Balaban J connectivity index is 3.06. The largest absolute Gasteiger partial charge is 0.469 e. The molecular formula is C10H8BrNO2. The average Bonchev–Trinajstić information content (AvgIpc) is 2.20. The molecule has 0 saturated carbocycles. The van der Waals surface area contributed by atoms with Gasteiger partial charge < -0.3 is 4.74 Å². The fourth-order valence-corrected chi connectivity index (χ4v) is 1.57. The number of hydrogen-bond acceptors (Lipinski definition) is 3. The van der Waals surface area contributed by atoms with Gasteiger partial charge in [-0.25, -0.2) is 0 Å². The molecule has 0 radical (unpaired) electrons. The van der Waals surface area contributed by atoms with Crippen LogP contribution in [0.4, 0.5) is 0 Å². The summed E-state index contributed by atoms with van der Waals surface area (Å²) in [6, 6.07) is 7.24. The third-order valence-electron chi connectivity index (χ3n) is 1.79. The maximum Gasteiger partial charge on any atom is 0.310 e. The maximum absolute atomic E-state index is 11.0. The molecule has 1 aromatic rings. The quantitative estimate of drug-likeness (QED) is 0.759. The molecule has 0 saturated heterocycles. The zero-order valence-electron chi connectivity index (χ0n) is 7.58. The molecule has 0 heterocycles. The van der Waals surface area contributed by atoms with Gasteiger partial charge in [0.2, 0.25) is 0 Å². The van der Waals surface area contributed by atoms with Crippen LogP contribution in [0.5, 0.6) is 0 Å². The first-order chi connectivity index (χ1) is 6.69. The Labute approximate surface area is 90.4 Å². The van der Waals surface area contributed by atoms with E-state index in [-0.39, 0.29) is 12.4 Å². The molecule has 0 aliphatic rings. The highest BCUT2D eigenvalue weighted by molar-refractivity contribution is 9.10. The number of methoxy groups -OCH3 is 1. The second kappa shape index (κ2) is 4.77. The van der Waals surface area contributed by atoms with Crippen LogP contribution in [-0.4, -0.2) is 13.1 Å². The molecule has 0 aliphatic heterocycles. The van der Waals surface area contributed by atoms with Gasteiger partial charge in [-0.1, -0.05) is 22.0 Å². The van der Waals surface area contributed by atoms with E-state index >= 15 is 0 Å². The summed E-state index contributed by atoms with van der Waals surface area (Å²) in [4.78, 5) is 11.0. The molecular weight excluding hydrogens is 246 g/mol. The lowest BCUT2D eigenvalue weighted by Gasteiger charge is -2.04. The lowest BCUT2D eigenvalue weighted by atomic mass is 10.1. The van der Waals surface area contributed by atoms with E-state index in [0.717, 1.165) is 4.47 Å². The fraction of sp³-hybridized carbons (Fsp3) is 0.200. The smallest absolute Gasteiger partial charge is 0.310 e. The molecule has 0 fully saturated rings. The molecule has 4 heteroatoms. The Morgan fingerprint density at radius 2 is 2.36 bits per heavy atom.